The van der Waals surface area contributed by atoms with E-state index < -0.39 is 0 Å². The van der Waals surface area contributed by atoms with E-state index in [4.69, 9.17) is 0 Å². The molecule has 1 N–H and O–H groups in total. The van der Waals surface area contributed by atoms with E-state index in [-0.39, 0.29) is 5.91 Å². The van der Waals surface area contributed by atoms with E-state index >= 15 is 0 Å². The van der Waals surface area contributed by atoms with Crippen molar-refractivity contribution < 1.29 is 4.79 Å². The minimum atomic E-state index is 0.0762. The van der Waals surface area contributed by atoms with E-state index in [1.807, 2.05) is 77.3 Å². The number of anilines is 2. The van der Waals surface area contributed by atoms with E-state index in [1.165, 1.54) is 0 Å². The monoisotopic (exact) mass is 376 g/mol. The van der Waals surface area contributed by atoms with Crippen molar-refractivity contribution in [3.63, 3.8) is 0 Å². The fourth-order valence-corrected chi connectivity index (χ4v) is 3.37. The number of rotatable bonds is 5. The number of benzene rings is 1. The molecule has 0 saturated carbocycles. The van der Waals surface area contributed by atoms with Gasteiger partial charge in [0.2, 0.25) is 0 Å². The Morgan fingerprint density at radius 3 is 2.29 bits per heavy atom. The van der Waals surface area contributed by atoms with Gasteiger partial charge < -0.3 is 19.7 Å². The highest BCUT2D eigenvalue weighted by atomic mass is 16.2. The summed E-state index contributed by atoms with van der Waals surface area (Å²) in [6, 6.07) is 15.6. The van der Waals surface area contributed by atoms with E-state index in [0.29, 0.717) is 13.1 Å². The second-order valence-corrected chi connectivity index (χ2v) is 6.72. The minimum Gasteiger partial charge on any atom is -0.369 e. The van der Waals surface area contributed by atoms with E-state index in [0.717, 1.165) is 42.5 Å². The van der Waals surface area contributed by atoms with Crippen LogP contribution in [-0.4, -0.2) is 58.3 Å². The lowest BCUT2D eigenvalue weighted by atomic mass is 10.1. The van der Waals surface area contributed by atoms with E-state index in [9.17, 15) is 4.79 Å². The molecule has 0 unspecified atom stereocenters. The Morgan fingerprint density at radius 2 is 1.68 bits per heavy atom. The number of piperazine rings is 1. The van der Waals surface area contributed by atoms with Crippen LogP contribution in [0.3, 0.4) is 0 Å². The quantitative estimate of drug-likeness (QED) is 0.742. The van der Waals surface area contributed by atoms with Crippen molar-refractivity contribution in [2.45, 2.75) is 6.92 Å². The summed E-state index contributed by atoms with van der Waals surface area (Å²) in [5.74, 6) is 1.71. The van der Waals surface area contributed by atoms with Gasteiger partial charge in [-0.05, 0) is 55.5 Å². The van der Waals surface area contributed by atoms with Crippen molar-refractivity contribution in [1.82, 2.24) is 19.7 Å². The third kappa shape index (κ3) is 3.83. The molecule has 0 atom stereocenters. The molecule has 1 fully saturated rings. The predicted octanol–water partition coefficient (Wildman–Crippen LogP) is 2.66. The molecule has 1 amide bonds. The van der Waals surface area contributed by atoms with E-state index in [2.05, 4.69) is 20.4 Å². The SMILES string of the molecule is CCNc1ccc(N2CCN(C(=O)c3ccc(-n4cccc4)cc3)CC2)nn1. The zero-order valence-electron chi connectivity index (χ0n) is 16.0. The molecule has 28 heavy (non-hydrogen) atoms. The summed E-state index contributed by atoms with van der Waals surface area (Å²) in [6.07, 6.45) is 3.98. The topological polar surface area (TPSA) is 66.3 Å². The van der Waals surface area contributed by atoms with Crippen molar-refractivity contribution in [3.8, 4) is 5.69 Å². The molecule has 0 aliphatic carbocycles. The maximum absolute atomic E-state index is 12.8. The van der Waals surface area contributed by atoms with Gasteiger partial charge in [-0.2, -0.15) is 0 Å². The van der Waals surface area contributed by atoms with Crippen LogP contribution in [0.15, 0.2) is 60.9 Å². The molecule has 0 bridgehead atoms. The van der Waals surface area contributed by atoms with Gasteiger partial charge in [0.15, 0.2) is 5.82 Å². The molecule has 2 aromatic heterocycles. The fraction of sp³-hybridized carbons (Fsp3) is 0.286. The maximum Gasteiger partial charge on any atom is 0.253 e. The Hall–Kier alpha value is -3.35. The highest BCUT2D eigenvalue weighted by Crippen LogP contribution is 2.17. The summed E-state index contributed by atoms with van der Waals surface area (Å²) in [7, 11) is 0. The number of hydrogen-bond acceptors (Lipinski definition) is 5. The Labute approximate surface area is 164 Å². The van der Waals surface area contributed by atoms with Crippen LogP contribution in [0.5, 0.6) is 0 Å². The lowest BCUT2D eigenvalue weighted by Crippen LogP contribution is -2.49. The van der Waals surface area contributed by atoms with Gasteiger partial charge in [0.25, 0.3) is 5.91 Å². The summed E-state index contributed by atoms with van der Waals surface area (Å²) < 4.78 is 2.02. The third-order valence-electron chi connectivity index (χ3n) is 4.92. The van der Waals surface area contributed by atoms with Gasteiger partial charge in [-0.25, -0.2) is 0 Å². The van der Waals surface area contributed by atoms with Gasteiger partial charge in [-0.3, -0.25) is 4.79 Å². The molecule has 3 aromatic rings. The summed E-state index contributed by atoms with van der Waals surface area (Å²) >= 11 is 0. The second kappa shape index (κ2) is 8.12. The molecule has 0 radical (unpaired) electrons. The van der Waals surface area contributed by atoms with Gasteiger partial charge in [-0.1, -0.05) is 0 Å². The van der Waals surface area contributed by atoms with Crippen molar-refractivity contribution in [2.75, 3.05) is 42.9 Å². The summed E-state index contributed by atoms with van der Waals surface area (Å²) in [6.45, 7) is 5.70. The van der Waals surface area contributed by atoms with Crippen LogP contribution in [0.1, 0.15) is 17.3 Å². The molecule has 0 spiro atoms. The average molecular weight is 376 g/mol. The summed E-state index contributed by atoms with van der Waals surface area (Å²) in [4.78, 5) is 16.9. The predicted molar refractivity (Wildman–Crippen MR) is 110 cm³/mol. The molecule has 3 heterocycles. The van der Waals surface area contributed by atoms with Gasteiger partial charge in [0.1, 0.15) is 5.82 Å². The number of aromatic nitrogens is 3. The van der Waals surface area contributed by atoms with Crippen LogP contribution in [0.25, 0.3) is 5.69 Å². The van der Waals surface area contributed by atoms with E-state index in [1.54, 1.807) is 0 Å². The van der Waals surface area contributed by atoms with Gasteiger partial charge in [0, 0.05) is 56.4 Å². The summed E-state index contributed by atoms with van der Waals surface area (Å²) in [5.41, 5.74) is 1.77. The highest BCUT2D eigenvalue weighted by molar-refractivity contribution is 5.94. The molecule has 7 heteroatoms. The van der Waals surface area contributed by atoms with Crippen LogP contribution in [0.2, 0.25) is 0 Å². The van der Waals surface area contributed by atoms with Crippen molar-refractivity contribution in [2.24, 2.45) is 0 Å². The molecular weight excluding hydrogens is 352 g/mol. The number of amides is 1. The Balaban J connectivity index is 1.36. The molecular formula is C21H24N6O. The smallest absolute Gasteiger partial charge is 0.253 e. The second-order valence-electron chi connectivity index (χ2n) is 6.72. The lowest BCUT2D eigenvalue weighted by Gasteiger charge is -2.35. The largest absolute Gasteiger partial charge is 0.369 e. The molecule has 1 aliphatic rings. The molecule has 4 rings (SSSR count). The molecule has 1 saturated heterocycles. The minimum absolute atomic E-state index is 0.0762. The standard InChI is InChI=1S/C21H24N6O/c1-2-22-19-9-10-20(24-23-19)26-13-15-27(16-14-26)21(28)17-5-7-18(8-6-17)25-11-3-4-12-25/h3-12H,2,13-16H2,1H3,(H,22,23). The van der Waals surface area contributed by atoms with Crippen LogP contribution in [0.4, 0.5) is 11.6 Å². The first-order chi connectivity index (χ1) is 13.7. The number of carbonyl (C=O) groups is 1. The first kappa shape index (κ1) is 18.0. The molecule has 7 nitrogen and oxygen atoms in total. The lowest BCUT2D eigenvalue weighted by molar-refractivity contribution is 0.0746. The Morgan fingerprint density at radius 1 is 0.964 bits per heavy atom. The maximum atomic E-state index is 12.8. The zero-order chi connectivity index (χ0) is 19.3. The normalized spacial score (nSPS) is 14.2. The van der Waals surface area contributed by atoms with Crippen molar-refractivity contribution in [3.05, 3.63) is 66.5 Å². The van der Waals surface area contributed by atoms with Crippen molar-refractivity contribution in [1.29, 1.82) is 0 Å². The van der Waals surface area contributed by atoms with Crippen LogP contribution < -0.4 is 10.2 Å². The van der Waals surface area contributed by atoms with Crippen LogP contribution >= 0.6 is 0 Å². The molecule has 144 valence electrons. The molecule has 1 aliphatic heterocycles. The Bertz CT molecular complexity index is 897. The average Bonchev–Trinajstić information content (AvgIpc) is 3.29. The van der Waals surface area contributed by atoms with Crippen molar-refractivity contribution >= 4 is 17.5 Å². The van der Waals surface area contributed by atoms with Crippen LogP contribution in [-0.2, 0) is 0 Å². The highest BCUT2D eigenvalue weighted by Gasteiger charge is 2.23. The third-order valence-corrected chi connectivity index (χ3v) is 4.92. The summed E-state index contributed by atoms with van der Waals surface area (Å²) in [5, 5.41) is 11.6. The van der Waals surface area contributed by atoms with Gasteiger partial charge >= 0.3 is 0 Å². The molecule has 1 aromatic carbocycles. The number of nitrogens with one attached hydrogen (secondary N) is 1. The first-order valence-electron chi connectivity index (χ1n) is 9.60. The first-order valence-corrected chi connectivity index (χ1v) is 9.60. The zero-order valence-corrected chi connectivity index (χ0v) is 16.0. The van der Waals surface area contributed by atoms with Gasteiger partial charge in [0.05, 0.1) is 0 Å². The number of hydrogen-bond donors (Lipinski definition) is 1. The van der Waals surface area contributed by atoms with Crippen LogP contribution in [0, 0.1) is 0 Å². The number of carbonyl (C=O) groups excluding carboxylic acids is 1. The fourth-order valence-electron chi connectivity index (χ4n) is 3.37. The van der Waals surface area contributed by atoms with Gasteiger partial charge in [-0.15, -0.1) is 10.2 Å². The number of nitrogens with zero attached hydrogens (tertiary/aromatic N) is 5. The Kier molecular flexibility index (Phi) is 5.23.